The summed E-state index contributed by atoms with van der Waals surface area (Å²) in [6, 6.07) is 0. The first-order valence-electron chi connectivity index (χ1n) is 5.16. The molecule has 0 saturated carbocycles. The summed E-state index contributed by atoms with van der Waals surface area (Å²) in [7, 11) is 0. The lowest BCUT2D eigenvalue weighted by Crippen LogP contribution is -2.24. The second-order valence-corrected chi connectivity index (χ2v) is 6.43. The molecule has 70 valence electrons. The van der Waals surface area contributed by atoms with Crippen molar-refractivity contribution in [3.8, 4) is 0 Å². The highest BCUT2D eigenvalue weighted by atomic mass is 32.2. The van der Waals surface area contributed by atoms with Crippen molar-refractivity contribution in [2.24, 2.45) is 5.92 Å². The first-order chi connectivity index (χ1) is 5.97. The Balaban J connectivity index is 1.80. The Bertz CT molecular complexity index is 108. The molecule has 0 radical (unpaired) electrons. The van der Waals surface area contributed by atoms with E-state index in [1.807, 2.05) is 0 Å². The minimum atomic E-state index is 1.04. The maximum Gasteiger partial charge on any atom is 0.00759 e. The van der Waals surface area contributed by atoms with Crippen LogP contribution in [0.1, 0.15) is 32.1 Å². The highest BCUT2D eigenvalue weighted by Crippen LogP contribution is 2.37. The Hall–Kier alpha value is 0.700. The Morgan fingerprint density at radius 3 is 2.33 bits per heavy atom. The molecule has 2 aliphatic rings. The molecule has 0 aliphatic carbocycles. The zero-order valence-electron chi connectivity index (χ0n) is 7.63. The quantitative estimate of drug-likeness (QED) is 0.639. The van der Waals surface area contributed by atoms with E-state index in [-0.39, 0.29) is 0 Å². The van der Waals surface area contributed by atoms with E-state index in [1.54, 1.807) is 0 Å². The van der Waals surface area contributed by atoms with Gasteiger partial charge in [0.1, 0.15) is 0 Å². The Morgan fingerprint density at radius 1 is 0.833 bits per heavy atom. The number of hydrogen-bond acceptors (Lipinski definition) is 2. The predicted octanol–water partition coefficient (Wildman–Crippen LogP) is 3.42. The molecule has 0 aromatic carbocycles. The molecule has 1 atom stereocenters. The molecule has 12 heavy (non-hydrogen) atoms. The SMILES string of the molecule is C1CCC(C2CCSCC2)SC1. The topological polar surface area (TPSA) is 0 Å². The molecule has 2 rings (SSSR count). The Kier molecular flexibility index (Phi) is 3.71. The van der Waals surface area contributed by atoms with E-state index < -0.39 is 0 Å². The van der Waals surface area contributed by atoms with Crippen molar-refractivity contribution in [3.05, 3.63) is 0 Å². The van der Waals surface area contributed by atoms with E-state index in [9.17, 15) is 0 Å². The molecule has 2 heteroatoms. The summed E-state index contributed by atoms with van der Waals surface area (Å²) in [5.74, 6) is 5.38. The van der Waals surface area contributed by atoms with E-state index in [4.69, 9.17) is 0 Å². The van der Waals surface area contributed by atoms with Crippen molar-refractivity contribution in [2.45, 2.75) is 37.4 Å². The summed E-state index contributed by atoms with van der Waals surface area (Å²) in [5.41, 5.74) is 0. The van der Waals surface area contributed by atoms with Crippen LogP contribution in [0.3, 0.4) is 0 Å². The zero-order valence-corrected chi connectivity index (χ0v) is 9.26. The van der Waals surface area contributed by atoms with E-state index in [1.165, 1.54) is 49.4 Å². The number of hydrogen-bond donors (Lipinski definition) is 0. The van der Waals surface area contributed by atoms with Crippen molar-refractivity contribution in [1.29, 1.82) is 0 Å². The average Bonchev–Trinajstić information content (AvgIpc) is 2.21. The summed E-state index contributed by atoms with van der Waals surface area (Å²) in [5, 5.41) is 1.04. The zero-order chi connectivity index (χ0) is 8.23. The van der Waals surface area contributed by atoms with Gasteiger partial charge in [0.25, 0.3) is 0 Å². The molecular formula is C10H18S2. The molecule has 0 aromatic heterocycles. The van der Waals surface area contributed by atoms with E-state index >= 15 is 0 Å². The van der Waals surface area contributed by atoms with Crippen molar-refractivity contribution in [1.82, 2.24) is 0 Å². The van der Waals surface area contributed by atoms with Gasteiger partial charge in [-0.2, -0.15) is 23.5 Å². The van der Waals surface area contributed by atoms with Gasteiger partial charge in [-0.3, -0.25) is 0 Å². The molecule has 0 nitrogen and oxygen atoms in total. The maximum absolute atomic E-state index is 2.26. The molecule has 0 amide bonds. The molecule has 0 N–H and O–H groups in total. The van der Waals surface area contributed by atoms with Crippen LogP contribution in [0.5, 0.6) is 0 Å². The molecule has 0 aromatic rings. The number of thioether (sulfide) groups is 2. The van der Waals surface area contributed by atoms with Crippen molar-refractivity contribution in [3.63, 3.8) is 0 Å². The molecule has 0 bridgehead atoms. The molecule has 2 aliphatic heterocycles. The lowest BCUT2D eigenvalue weighted by molar-refractivity contribution is 0.437. The molecule has 2 saturated heterocycles. The van der Waals surface area contributed by atoms with Crippen LogP contribution in [0.2, 0.25) is 0 Å². The average molecular weight is 202 g/mol. The fourth-order valence-electron chi connectivity index (χ4n) is 2.23. The first-order valence-corrected chi connectivity index (χ1v) is 7.36. The van der Waals surface area contributed by atoms with Crippen LogP contribution in [0, 0.1) is 5.92 Å². The first kappa shape index (κ1) is 9.26. The Morgan fingerprint density at radius 2 is 1.67 bits per heavy atom. The van der Waals surface area contributed by atoms with Gasteiger partial charge < -0.3 is 0 Å². The van der Waals surface area contributed by atoms with Gasteiger partial charge in [-0.05, 0) is 48.9 Å². The van der Waals surface area contributed by atoms with Gasteiger partial charge in [-0.15, -0.1) is 0 Å². The van der Waals surface area contributed by atoms with Crippen LogP contribution >= 0.6 is 23.5 Å². The molecular weight excluding hydrogens is 184 g/mol. The standard InChI is InChI=1S/C10H18S2/c1-2-6-12-10(3-1)9-4-7-11-8-5-9/h9-10H,1-8H2. The van der Waals surface area contributed by atoms with Crippen LogP contribution in [0.25, 0.3) is 0 Å². The van der Waals surface area contributed by atoms with Gasteiger partial charge in [0.05, 0.1) is 0 Å². The summed E-state index contributed by atoms with van der Waals surface area (Å²) < 4.78 is 0. The van der Waals surface area contributed by atoms with E-state index in [0.717, 1.165) is 11.2 Å². The predicted molar refractivity (Wildman–Crippen MR) is 60.1 cm³/mol. The van der Waals surface area contributed by atoms with Crippen LogP contribution in [0.4, 0.5) is 0 Å². The fourth-order valence-corrected chi connectivity index (χ4v) is 4.92. The maximum atomic E-state index is 2.26. The normalized spacial score (nSPS) is 33.5. The van der Waals surface area contributed by atoms with Crippen LogP contribution in [-0.2, 0) is 0 Å². The fraction of sp³-hybridized carbons (Fsp3) is 1.00. The van der Waals surface area contributed by atoms with E-state index in [2.05, 4.69) is 23.5 Å². The summed E-state index contributed by atoms with van der Waals surface area (Å²) in [6.45, 7) is 0. The highest BCUT2D eigenvalue weighted by Gasteiger charge is 2.25. The molecule has 2 fully saturated rings. The van der Waals surface area contributed by atoms with Gasteiger partial charge >= 0.3 is 0 Å². The van der Waals surface area contributed by atoms with Crippen LogP contribution in [-0.4, -0.2) is 22.5 Å². The second kappa shape index (κ2) is 4.80. The lowest BCUT2D eigenvalue weighted by atomic mass is 9.95. The molecule has 0 spiro atoms. The smallest absolute Gasteiger partial charge is 0.00759 e. The third kappa shape index (κ3) is 2.35. The van der Waals surface area contributed by atoms with Gasteiger partial charge in [0.15, 0.2) is 0 Å². The summed E-state index contributed by atoms with van der Waals surface area (Å²) in [4.78, 5) is 0. The molecule has 1 unspecified atom stereocenters. The van der Waals surface area contributed by atoms with Gasteiger partial charge in [0, 0.05) is 5.25 Å². The van der Waals surface area contributed by atoms with E-state index in [0.29, 0.717) is 0 Å². The summed E-state index contributed by atoms with van der Waals surface area (Å²) >= 11 is 4.41. The lowest BCUT2D eigenvalue weighted by Gasteiger charge is -2.32. The minimum Gasteiger partial charge on any atom is -0.162 e. The largest absolute Gasteiger partial charge is 0.162 e. The van der Waals surface area contributed by atoms with Crippen molar-refractivity contribution < 1.29 is 0 Å². The highest BCUT2D eigenvalue weighted by molar-refractivity contribution is 8.00. The monoisotopic (exact) mass is 202 g/mol. The third-order valence-corrected chi connectivity index (χ3v) is 5.63. The van der Waals surface area contributed by atoms with Crippen molar-refractivity contribution in [2.75, 3.05) is 17.3 Å². The van der Waals surface area contributed by atoms with Crippen LogP contribution in [0.15, 0.2) is 0 Å². The van der Waals surface area contributed by atoms with Crippen molar-refractivity contribution >= 4 is 23.5 Å². The second-order valence-electron chi connectivity index (χ2n) is 3.85. The van der Waals surface area contributed by atoms with Gasteiger partial charge in [-0.25, -0.2) is 0 Å². The van der Waals surface area contributed by atoms with Gasteiger partial charge in [-0.1, -0.05) is 6.42 Å². The Labute approximate surface area is 84.3 Å². The summed E-state index contributed by atoms with van der Waals surface area (Å²) in [6.07, 6.45) is 7.49. The minimum absolute atomic E-state index is 1.04. The molecule has 2 heterocycles. The third-order valence-electron chi connectivity index (χ3n) is 3.01. The van der Waals surface area contributed by atoms with Crippen LogP contribution < -0.4 is 0 Å². The number of rotatable bonds is 1. The van der Waals surface area contributed by atoms with Gasteiger partial charge in [0.2, 0.25) is 0 Å².